The molecule has 1 rings (SSSR count). The number of nitrogens with one attached hydrogen (secondary N) is 2. The highest BCUT2D eigenvalue weighted by atomic mass is 16.2. The summed E-state index contributed by atoms with van der Waals surface area (Å²) in [6, 6.07) is 0.263. The Hall–Kier alpha value is -1.10. The fraction of sp³-hybridized carbons (Fsp3) is 0.875. The molecular formula is C16H31N3O2. The Kier molecular flexibility index (Phi) is 9.06. The van der Waals surface area contributed by atoms with E-state index in [0.717, 1.165) is 51.9 Å². The van der Waals surface area contributed by atoms with Crippen LogP contribution in [0, 0.1) is 0 Å². The number of amides is 2. The molecule has 0 bridgehead atoms. The van der Waals surface area contributed by atoms with Gasteiger partial charge in [-0.1, -0.05) is 13.8 Å². The van der Waals surface area contributed by atoms with Crippen LogP contribution in [0.15, 0.2) is 0 Å². The lowest BCUT2D eigenvalue weighted by atomic mass is 10.1. The van der Waals surface area contributed by atoms with E-state index in [4.69, 9.17) is 0 Å². The average molecular weight is 297 g/mol. The van der Waals surface area contributed by atoms with Gasteiger partial charge in [0.05, 0.1) is 0 Å². The van der Waals surface area contributed by atoms with Crippen molar-refractivity contribution in [3.05, 3.63) is 0 Å². The second-order valence-corrected chi connectivity index (χ2v) is 5.85. The van der Waals surface area contributed by atoms with Crippen LogP contribution < -0.4 is 10.6 Å². The van der Waals surface area contributed by atoms with E-state index >= 15 is 0 Å². The van der Waals surface area contributed by atoms with Gasteiger partial charge in [-0.15, -0.1) is 0 Å². The molecule has 0 saturated carbocycles. The third-order valence-corrected chi connectivity index (χ3v) is 3.80. The summed E-state index contributed by atoms with van der Waals surface area (Å²) in [5, 5.41) is 6.33. The highest BCUT2D eigenvalue weighted by Gasteiger charge is 2.16. The molecule has 5 heteroatoms. The maximum atomic E-state index is 12.1. The van der Waals surface area contributed by atoms with Gasteiger partial charge in [-0.05, 0) is 38.6 Å². The highest BCUT2D eigenvalue weighted by molar-refractivity contribution is 5.79. The van der Waals surface area contributed by atoms with Gasteiger partial charge in [0.2, 0.25) is 11.8 Å². The Morgan fingerprint density at radius 1 is 1.19 bits per heavy atom. The molecule has 1 fully saturated rings. The summed E-state index contributed by atoms with van der Waals surface area (Å²) in [4.78, 5) is 25.8. The fourth-order valence-electron chi connectivity index (χ4n) is 2.73. The van der Waals surface area contributed by atoms with E-state index < -0.39 is 0 Å². The number of carbonyl (C=O) groups excluding carboxylic acids is 2. The van der Waals surface area contributed by atoms with E-state index in [1.54, 1.807) is 0 Å². The molecule has 1 heterocycles. The lowest BCUT2D eigenvalue weighted by Gasteiger charge is -2.24. The van der Waals surface area contributed by atoms with E-state index in [1.165, 1.54) is 0 Å². The minimum absolute atomic E-state index is 0.0778. The number of hydrogen-bond donors (Lipinski definition) is 2. The first kappa shape index (κ1) is 18.0. The van der Waals surface area contributed by atoms with Gasteiger partial charge in [-0.25, -0.2) is 0 Å². The maximum absolute atomic E-state index is 12.1. The van der Waals surface area contributed by atoms with E-state index in [2.05, 4.69) is 24.5 Å². The van der Waals surface area contributed by atoms with Crippen molar-refractivity contribution >= 4 is 11.8 Å². The van der Waals surface area contributed by atoms with Crippen LogP contribution in [0.3, 0.4) is 0 Å². The average Bonchev–Trinajstić information content (AvgIpc) is 2.48. The number of carbonyl (C=O) groups is 2. The van der Waals surface area contributed by atoms with Crippen LogP contribution in [0.25, 0.3) is 0 Å². The summed E-state index contributed by atoms with van der Waals surface area (Å²) in [5.41, 5.74) is 0. The summed E-state index contributed by atoms with van der Waals surface area (Å²) >= 11 is 0. The summed E-state index contributed by atoms with van der Waals surface area (Å²) in [6.07, 6.45) is 5.73. The van der Waals surface area contributed by atoms with Crippen molar-refractivity contribution in [1.29, 1.82) is 0 Å². The Morgan fingerprint density at radius 3 is 2.48 bits per heavy atom. The van der Waals surface area contributed by atoms with Crippen LogP contribution in [0.5, 0.6) is 0 Å². The van der Waals surface area contributed by atoms with E-state index in [9.17, 15) is 9.59 Å². The third kappa shape index (κ3) is 7.46. The van der Waals surface area contributed by atoms with Gasteiger partial charge in [0.1, 0.15) is 0 Å². The molecule has 0 spiro atoms. The predicted molar refractivity (Wildman–Crippen MR) is 85.0 cm³/mol. The number of nitrogens with zero attached hydrogens (tertiary/aromatic N) is 1. The Labute approximate surface area is 128 Å². The van der Waals surface area contributed by atoms with E-state index in [1.807, 2.05) is 4.90 Å². The molecule has 1 aliphatic heterocycles. The van der Waals surface area contributed by atoms with Gasteiger partial charge in [0.15, 0.2) is 0 Å². The van der Waals surface area contributed by atoms with Crippen LogP contribution in [-0.2, 0) is 9.59 Å². The molecule has 0 aliphatic carbocycles. The largest absolute Gasteiger partial charge is 0.352 e. The maximum Gasteiger partial charge on any atom is 0.222 e. The zero-order chi connectivity index (χ0) is 15.5. The molecule has 0 aromatic rings. The molecule has 21 heavy (non-hydrogen) atoms. The van der Waals surface area contributed by atoms with Gasteiger partial charge in [-0.3, -0.25) is 9.59 Å². The second-order valence-electron chi connectivity index (χ2n) is 5.85. The van der Waals surface area contributed by atoms with Crippen molar-refractivity contribution in [3.63, 3.8) is 0 Å². The molecule has 2 N–H and O–H groups in total. The number of rotatable bonds is 9. The standard InChI is InChI=1S/C16H31N3O2/c1-3-11-19(12-4-2)16(21)9-5-8-15(20)18-14-7-6-10-17-13-14/h14,17H,3-13H2,1-2H3,(H,18,20). The Balaban J connectivity index is 2.18. The zero-order valence-electron chi connectivity index (χ0n) is 13.6. The van der Waals surface area contributed by atoms with Crippen molar-refractivity contribution < 1.29 is 9.59 Å². The molecule has 1 saturated heterocycles. The van der Waals surface area contributed by atoms with Crippen molar-refractivity contribution in [2.45, 2.75) is 64.8 Å². The Morgan fingerprint density at radius 2 is 1.90 bits per heavy atom. The van der Waals surface area contributed by atoms with Gasteiger partial charge in [-0.2, -0.15) is 0 Å². The van der Waals surface area contributed by atoms with Crippen molar-refractivity contribution in [2.24, 2.45) is 0 Å². The first-order valence-corrected chi connectivity index (χ1v) is 8.45. The smallest absolute Gasteiger partial charge is 0.222 e. The van der Waals surface area contributed by atoms with Gasteiger partial charge in [0, 0.05) is 38.5 Å². The van der Waals surface area contributed by atoms with Crippen LogP contribution in [0.2, 0.25) is 0 Å². The molecule has 1 unspecified atom stereocenters. The highest BCUT2D eigenvalue weighted by Crippen LogP contribution is 2.05. The molecule has 1 atom stereocenters. The van der Waals surface area contributed by atoms with Crippen molar-refractivity contribution in [1.82, 2.24) is 15.5 Å². The minimum Gasteiger partial charge on any atom is -0.352 e. The lowest BCUT2D eigenvalue weighted by Crippen LogP contribution is -2.45. The third-order valence-electron chi connectivity index (χ3n) is 3.80. The summed E-state index contributed by atoms with van der Waals surface area (Å²) < 4.78 is 0. The van der Waals surface area contributed by atoms with Gasteiger partial charge >= 0.3 is 0 Å². The Bertz CT molecular complexity index is 309. The van der Waals surface area contributed by atoms with Crippen LogP contribution in [0.4, 0.5) is 0 Å². The van der Waals surface area contributed by atoms with Gasteiger partial charge < -0.3 is 15.5 Å². The molecule has 5 nitrogen and oxygen atoms in total. The molecule has 0 aromatic heterocycles. The summed E-state index contributed by atoms with van der Waals surface area (Å²) in [5.74, 6) is 0.264. The predicted octanol–water partition coefficient (Wildman–Crippen LogP) is 1.67. The first-order valence-electron chi connectivity index (χ1n) is 8.45. The normalized spacial score (nSPS) is 18.3. The number of piperidine rings is 1. The molecule has 0 radical (unpaired) electrons. The van der Waals surface area contributed by atoms with E-state index in [-0.39, 0.29) is 17.9 Å². The molecular weight excluding hydrogens is 266 g/mol. The van der Waals surface area contributed by atoms with E-state index in [0.29, 0.717) is 19.3 Å². The zero-order valence-corrected chi connectivity index (χ0v) is 13.6. The topological polar surface area (TPSA) is 61.4 Å². The number of hydrogen-bond acceptors (Lipinski definition) is 3. The molecule has 122 valence electrons. The quantitative estimate of drug-likeness (QED) is 0.680. The van der Waals surface area contributed by atoms with Crippen LogP contribution >= 0.6 is 0 Å². The van der Waals surface area contributed by atoms with Crippen molar-refractivity contribution in [2.75, 3.05) is 26.2 Å². The SMILES string of the molecule is CCCN(CCC)C(=O)CCCC(=O)NC1CCCNC1. The van der Waals surface area contributed by atoms with Crippen LogP contribution in [0.1, 0.15) is 58.8 Å². The van der Waals surface area contributed by atoms with Crippen molar-refractivity contribution in [3.8, 4) is 0 Å². The molecule has 1 aliphatic rings. The molecule has 0 aromatic carbocycles. The summed E-state index contributed by atoms with van der Waals surface area (Å²) in [6.45, 7) is 7.74. The summed E-state index contributed by atoms with van der Waals surface area (Å²) in [7, 11) is 0. The fourth-order valence-corrected chi connectivity index (χ4v) is 2.73. The minimum atomic E-state index is 0.0778. The lowest BCUT2D eigenvalue weighted by molar-refractivity contribution is -0.131. The first-order chi connectivity index (χ1) is 10.2. The monoisotopic (exact) mass is 297 g/mol. The van der Waals surface area contributed by atoms with Crippen LogP contribution in [-0.4, -0.2) is 48.9 Å². The van der Waals surface area contributed by atoms with Gasteiger partial charge in [0.25, 0.3) is 0 Å². The molecule has 2 amide bonds. The second kappa shape index (κ2) is 10.6.